The van der Waals surface area contributed by atoms with Gasteiger partial charge in [0.25, 0.3) is 0 Å². The topological polar surface area (TPSA) is 29.1 Å². The van der Waals surface area contributed by atoms with Crippen LogP contribution in [0.15, 0.2) is 23.8 Å². The van der Waals surface area contributed by atoms with E-state index in [1.165, 1.54) is 5.57 Å². The number of carbonyl (C=O) groups is 1. The molecule has 0 bridgehead atoms. The molecule has 0 aromatic carbocycles. The maximum Gasteiger partial charge on any atom is 0.159 e. The highest BCUT2D eigenvalue weighted by Gasteiger charge is 2.22. The molecule has 0 fully saturated rings. The Morgan fingerprint density at radius 1 is 1.39 bits per heavy atom. The van der Waals surface area contributed by atoms with Gasteiger partial charge in [-0.3, -0.25) is 4.79 Å². The van der Waals surface area contributed by atoms with Crippen molar-refractivity contribution < 1.29 is 4.79 Å². The van der Waals surface area contributed by atoms with Crippen molar-refractivity contribution in [1.82, 2.24) is 5.32 Å². The highest BCUT2D eigenvalue weighted by atomic mass is 16.1. The lowest BCUT2D eigenvalue weighted by molar-refractivity contribution is -0.118. The normalized spacial score (nSPS) is 34.3. The van der Waals surface area contributed by atoms with Crippen LogP contribution in [0, 0.1) is 11.3 Å². The van der Waals surface area contributed by atoms with E-state index in [4.69, 9.17) is 0 Å². The van der Waals surface area contributed by atoms with E-state index >= 15 is 0 Å². The van der Waals surface area contributed by atoms with Gasteiger partial charge >= 0.3 is 0 Å². The Labute approximate surface area is 112 Å². The summed E-state index contributed by atoms with van der Waals surface area (Å²) in [6.07, 6.45) is 9.26. The molecule has 0 aliphatic heterocycles. The van der Waals surface area contributed by atoms with Gasteiger partial charge in [-0.15, -0.1) is 0 Å². The summed E-state index contributed by atoms with van der Waals surface area (Å²) >= 11 is 0. The van der Waals surface area contributed by atoms with E-state index in [1.807, 2.05) is 14.0 Å². The van der Waals surface area contributed by atoms with Gasteiger partial charge in [-0.25, -0.2) is 0 Å². The minimum absolute atomic E-state index is 0.0490. The first-order valence-electron chi connectivity index (χ1n) is 6.92. The summed E-state index contributed by atoms with van der Waals surface area (Å²) in [7, 11) is 1.95. The summed E-state index contributed by atoms with van der Waals surface area (Å²) in [4.78, 5) is 12.1. The monoisotopic (exact) mass is 249 g/mol. The van der Waals surface area contributed by atoms with Crippen LogP contribution in [0.25, 0.3) is 0 Å². The predicted molar refractivity (Wildman–Crippen MR) is 77.5 cm³/mol. The molecule has 0 saturated carbocycles. The zero-order valence-corrected chi connectivity index (χ0v) is 12.4. The van der Waals surface area contributed by atoms with E-state index in [9.17, 15) is 4.79 Å². The standard InChI is InChI=1S/C16H27NO/c1-12-6-7-14(17-5)13(2)15(18)9-11-16(3,4)10-8-12/h8-9,11,13-14,17H,6-7,10H2,1-5H3/b11-9+,12-8+. The van der Waals surface area contributed by atoms with E-state index < -0.39 is 0 Å². The van der Waals surface area contributed by atoms with E-state index in [0.717, 1.165) is 19.3 Å². The minimum Gasteiger partial charge on any atom is -0.316 e. The second kappa shape index (κ2) is 6.33. The van der Waals surface area contributed by atoms with Crippen molar-refractivity contribution in [3.8, 4) is 0 Å². The second-order valence-electron chi connectivity index (χ2n) is 6.20. The number of ketones is 1. The van der Waals surface area contributed by atoms with E-state index in [2.05, 4.69) is 38.2 Å². The number of carbonyl (C=O) groups excluding carboxylic acids is 1. The molecule has 0 saturated heterocycles. The number of nitrogens with one attached hydrogen (secondary N) is 1. The van der Waals surface area contributed by atoms with Crippen molar-refractivity contribution in [2.24, 2.45) is 11.3 Å². The lowest BCUT2D eigenvalue weighted by Gasteiger charge is -2.21. The third-order valence-electron chi connectivity index (χ3n) is 3.95. The molecule has 1 N–H and O–H groups in total. The summed E-state index contributed by atoms with van der Waals surface area (Å²) in [6, 6.07) is 0.270. The van der Waals surface area contributed by atoms with Crippen LogP contribution in [0.5, 0.6) is 0 Å². The molecule has 2 unspecified atom stereocenters. The molecule has 1 rings (SSSR count). The lowest BCUT2D eigenvalue weighted by atomic mass is 9.87. The van der Waals surface area contributed by atoms with Crippen molar-refractivity contribution in [2.75, 3.05) is 7.05 Å². The van der Waals surface area contributed by atoms with E-state index in [-0.39, 0.29) is 23.2 Å². The molecule has 18 heavy (non-hydrogen) atoms. The van der Waals surface area contributed by atoms with Crippen LogP contribution in [0.3, 0.4) is 0 Å². The maximum atomic E-state index is 12.1. The molecule has 2 atom stereocenters. The van der Waals surface area contributed by atoms with Crippen LogP contribution in [0.2, 0.25) is 0 Å². The quantitative estimate of drug-likeness (QED) is 0.721. The zero-order chi connectivity index (χ0) is 13.8. The Morgan fingerprint density at radius 2 is 2.06 bits per heavy atom. The Morgan fingerprint density at radius 3 is 2.67 bits per heavy atom. The fraction of sp³-hybridized carbons (Fsp3) is 0.688. The number of allylic oxidation sites excluding steroid dienone is 4. The van der Waals surface area contributed by atoms with Crippen molar-refractivity contribution >= 4 is 5.78 Å². The van der Waals surface area contributed by atoms with Crippen molar-refractivity contribution in [3.05, 3.63) is 23.8 Å². The third kappa shape index (κ3) is 4.41. The molecule has 0 aromatic heterocycles. The van der Waals surface area contributed by atoms with Crippen molar-refractivity contribution in [3.63, 3.8) is 0 Å². The molecule has 0 heterocycles. The molecule has 0 aromatic rings. The van der Waals surface area contributed by atoms with Crippen molar-refractivity contribution in [2.45, 2.75) is 53.0 Å². The molecule has 1 aliphatic carbocycles. The van der Waals surface area contributed by atoms with Crippen LogP contribution in [0.1, 0.15) is 47.0 Å². The maximum absolute atomic E-state index is 12.1. The first kappa shape index (κ1) is 15.2. The van der Waals surface area contributed by atoms with Crippen LogP contribution in [-0.4, -0.2) is 18.9 Å². The molecule has 1 aliphatic rings. The first-order valence-corrected chi connectivity index (χ1v) is 6.92. The van der Waals surface area contributed by atoms with Gasteiger partial charge in [0.2, 0.25) is 0 Å². The Hall–Kier alpha value is -0.890. The van der Waals surface area contributed by atoms with E-state index in [1.54, 1.807) is 6.08 Å². The van der Waals surface area contributed by atoms with Gasteiger partial charge in [0.05, 0.1) is 0 Å². The Balaban J connectivity index is 2.95. The number of rotatable bonds is 1. The van der Waals surface area contributed by atoms with Crippen LogP contribution >= 0.6 is 0 Å². The molecule has 2 heteroatoms. The highest BCUT2D eigenvalue weighted by Crippen LogP contribution is 2.26. The zero-order valence-electron chi connectivity index (χ0n) is 12.4. The van der Waals surface area contributed by atoms with Crippen molar-refractivity contribution in [1.29, 1.82) is 0 Å². The first-order chi connectivity index (χ1) is 8.35. The average molecular weight is 249 g/mol. The fourth-order valence-corrected chi connectivity index (χ4v) is 2.29. The van der Waals surface area contributed by atoms with Gasteiger partial charge in [0.1, 0.15) is 0 Å². The highest BCUT2D eigenvalue weighted by molar-refractivity contribution is 5.92. The van der Waals surface area contributed by atoms with Gasteiger partial charge in [-0.2, -0.15) is 0 Å². The lowest BCUT2D eigenvalue weighted by Crippen LogP contribution is -2.36. The van der Waals surface area contributed by atoms with E-state index in [0.29, 0.717) is 0 Å². The average Bonchev–Trinajstić information content (AvgIpc) is 2.34. The van der Waals surface area contributed by atoms with Gasteiger partial charge in [0, 0.05) is 12.0 Å². The Kier molecular flexibility index (Phi) is 5.33. The second-order valence-corrected chi connectivity index (χ2v) is 6.20. The van der Waals surface area contributed by atoms with Gasteiger partial charge in [-0.1, -0.05) is 38.5 Å². The SMILES string of the molecule is CNC1CC/C(C)=C/CC(C)(C)/C=C/C(=O)C1C. The Bertz CT molecular complexity index is 352. The molecule has 0 spiro atoms. The molecule has 0 amide bonds. The van der Waals surface area contributed by atoms with Gasteiger partial charge in [-0.05, 0) is 44.7 Å². The number of hydrogen-bond donors (Lipinski definition) is 1. The van der Waals surface area contributed by atoms with Crippen LogP contribution in [-0.2, 0) is 4.79 Å². The number of hydrogen-bond acceptors (Lipinski definition) is 2. The van der Waals surface area contributed by atoms with Crippen LogP contribution in [0.4, 0.5) is 0 Å². The van der Waals surface area contributed by atoms with Gasteiger partial charge < -0.3 is 5.32 Å². The molecule has 0 radical (unpaired) electrons. The largest absolute Gasteiger partial charge is 0.316 e. The molecule has 102 valence electrons. The summed E-state index contributed by atoms with van der Waals surface area (Å²) in [5.41, 5.74) is 1.49. The molecular formula is C16H27NO. The molecular weight excluding hydrogens is 222 g/mol. The van der Waals surface area contributed by atoms with Gasteiger partial charge in [0.15, 0.2) is 5.78 Å². The fourth-order valence-electron chi connectivity index (χ4n) is 2.29. The minimum atomic E-state index is 0.0490. The summed E-state index contributed by atoms with van der Waals surface area (Å²) < 4.78 is 0. The third-order valence-corrected chi connectivity index (χ3v) is 3.95. The summed E-state index contributed by atoms with van der Waals surface area (Å²) in [5, 5.41) is 3.28. The predicted octanol–water partition coefficient (Wildman–Crippen LogP) is 3.49. The molecule has 2 nitrogen and oxygen atoms in total. The smallest absolute Gasteiger partial charge is 0.159 e. The van der Waals surface area contributed by atoms with Crippen LogP contribution < -0.4 is 5.32 Å². The summed E-state index contributed by atoms with van der Waals surface area (Å²) in [5.74, 6) is 0.287. The summed E-state index contributed by atoms with van der Waals surface area (Å²) in [6.45, 7) is 8.58.